The Morgan fingerprint density at radius 1 is 1.25 bits per heavy atom. The molecule has 2 aliphatic rings. The van der Waals surface area contributed by atoms with E-state index in [4.69, 9.17) is 0 Å². The molecule has 6 heteroatoms. The number of aromatic amines is 1. The summed E-state index contributed by atoms with van der Waals surface area (Å²) in [7, 11) is 0. The number of nitrogens with zero attached hydrogens (tertiary/aromatic N) is 2. The van der Waals surface area contributed by atoms with Gasteiger partial charge in [0.1, 0.15) is 0 Å². The van der Waals surface area contributed by atoms with Gasteiger partial charge in [0.25, 0.3) is 0 Å². The highest BCUT2D eigenvalue weighted by atomic mass is 16.2. The van der Waals surface area contributed by atoms with Crippen LogP contribution in [0.2, 0.25) is 0 Å². The average molecular weight is 326 g/mol. The molecule has 4 rings (SSSR count). The number of carbonyl (C=O) groups is 2. The summed E-state index contributed by atoms with van der Waals surface area (Å²) in [5, 5.41) is 3.96. The van der Waals surface area contributed by atoms with E-state index in [1.165, 1.54) is 0 Å². The lowest BCUT2D eigenvalue weighted by Gasteiger charge is -2.37. The van der Waals surface area contributed by atoms with Crippen LogP contribution in [0.15, 0.2) is 30.5 Å². The van der Waals surface area contributed by atoms with Crippen LogP contribution < -0.4 is 5.32 Å². The van der Waals surface area contributed by atoms with Crippen molar-refractivity contribution in [3.8, 4) is 0 Å². The van der Waals surface area contributed by atoms with Crippen molar-refractivity contribution in [2.24, 2.45) is 0 Å². The molecule has 24 heavy (non-hydrogen) atoms. The number of para-hydroxylation sites is 1. The first-order valence-electron chi connectivity index (χ1n) is 8.59. The monoisotopic (exact) mass is 326 g/mol. The molecule has 1 atom stereocenters. The quantitative estimate of drug-likeness (QED) is 0.902. The van der Waals surface area contributed by atoms with Crippen molar-refractivity contribution in [2.75, 3.05) is 26.2 Å². The summed E-state index contributed by atoms with van der Waals surface area (Å²) in [6, 6.07) is 8.20. The second kappa shape index (κ2) is 6.19. The third-order valence-corrected chi connectivity index (χ3v) is 5.10. The van der Waals surface area contributed by atoms with Crippen LogP contribution >= 0.6 is 0 Å². The van der Waals surface area contributed by atoms with Crippen LogP contribution in [0.25, 0.3) is 10.9 Å². The molecule has 1 aromatic heterocycles. The number of aromatic nitrogens is 1. The Balaban J connectivity index is 1.45. The molecule has 6 nitrogen and oxygen atoms in total. The van der Waals surface area contributed by atoms with Crippen molar-refractivity contribution in [3.63, 3.8) is 0 Å². The van der Waals surface area contributed by atoms with Gasteiger partial charge in [-0.1, -0.05) is 18.2 Å². The third-order valence-electron chi connectivity index (χ3n) is 5.10. The Hall–Kier alpha value is -2.50. The summed E-state index contributed by atoms with van der Waals surface area (Å²) < 4.78 is 0. The molecule has 2 aliphatic heterocycles. The Bertz CT molecular complexity index is 769. The number of benzene rings is 1. The highest BCUT2D eigenvalue weighted by Crippen LogP contribution is 2.21. The number of carbonyl (C=O) groups excluding carboxylic acids is 2. The smallest absolute Gasteiger partial charge is 0.317 e. The molecular formula is C18H22N4O2. The fraction of sp³-hybridized carbons (Fsp3) is 0.444. The molecule has 2 N–H and O–H groups in total. The number of amides is 3. The van der Waals surface area contributed by atoms with E-state index in [2.05, 4.69) is 10.3 Å². The van der Waals surface area contributed by atoms with Gasteiger partial charge in [0, 0.05) is 43.3 Å². The van der Waals surface area contributed by atoms with Gasteiger partial charge in [-0.15, -0.1) is 0 Å². The van der Waals surface area contributed by atoms with Crippen molar-refractivity contribution < 1.29 is 9.59 Å². The maximum absolute atomic E-state index is 12.7. The standard InChI is InChI=1S/C18H22N4O2/c23-17(10-13-11-20-16-6-2-1-5-15(13)16)21-8-3-4-14(12-21)22-9-7-19-18(22)24/h1-2,5-6,11,14,20H,3-4,7-10,12H2,(H,19,24). The first-order valence-corrected chi connectivity index (χ1v) is 8.59. The predicted octanol–water partition coefficient (Wildman–Crippen LogP) is 1.73. The van der Waals surface area contributed by atoms with E-state index in [1.54, 1.807) is 0 Å². The molecule has 126 valence electrons. The van der Waals surface area contributed by atoms with E-state index in [1.807, 2.05) is 40.3 Å². The van der Waals surface area contributed by atoms with E-state index in [0.29, 0.717) is 19.5 Å². The van der Waals surface area contributed by atoms with Crippen LogP contribution in [0.3, 0.4) is 0 Å². The van der Waals surface area contributed by atoms with Crippen molar-refractivity contribution in [1.29, 1.82) is 0 Å². The fourth-order valence-electron chi connectivity index (χ4n) is 3.82. The molecule has 0 saturated carbocycles. The number of hydrogen-bond acceptors (Lipinski definition) is 2. The van der Waals surface area contributed by atoms with E-state index >= 15 is 0 Å². The summed E-state index contributed by atoms with van der Waals surface area (Å²) in [5.74, 6) is 0.143. The third kappa shape index (κ3) is 2.72. The molecule has 3 amide bonds. The van der Waals surface area contributed by atoms with Gasteiger partial charge < -0.3 is 20.1 Å². The first-order chi connectivity index (χ1) is 11.7. The Labute approximate surface area is 140 Å². The lowest BCUT2D eigenvalue weighted by molar-refractivity contribution is -0.132. The lowest BCUT2D eigenvalue weighted by atomic mass is 10.0. The SMILES string of the molecule is O=C(Cc1c[nH]c2ccccc12)N1CCCC(N2CCNC2=O)C1. The van der Waals surface area contributed by atoms with E-state index < -0.39 is 0 Å². The molecule has 3 heterocycles. The van der Waals surface area contributed by atoms with Crippen LogP contribution in [0.1, 0.15) is 18.4 Å². The molecule has 2 saturated heterocycles. The predicted molar refractivity (Wildman–Crippen MR) is 91.7 cm³/mol. The van der Waals surface area contributed by atoms with E-state index in [-0.39, 0.29) is 18.0 Å². The maximum Gasteiger partial charge on any atom is 0.317 e. The number of urea groups is 1. The zero-order valence-electron chi connectivity index (χ0n) is 13.6. The molecule has 2 aromatic rings. The number of H-pyrrole nitrogens is 1. The highest BCUT2D eigenvalue weighted by Gasteiger charge is 2.32. The van der Waals surface area contributed by atoms with Crippen LogP contribution in [0.4, 0.5) is 4.79 Å². The van der Waals surface area contributed by atoms with Crippen molar-refractivity contribution in [3.05, 3.63) is 36.0 Å². The van der Waals surface area contributed by atoms with Crippen molar-refractivity contribution in [2.45, 2.75) is 25.3 Å². The van der Waals surface area contributed by atoms with Crippen LogP contribution in [-0.2, 0) is 11.2 Å². The Morgan fingerprint density at radius 3 is 2.96 bits per heavy atom. The Morgan fingerprint density at radius 2 is 2.12 bits per heavy atom. The number of likely N-dealkylation sites (tertiary alicyclic amines) is 1. The summed E-state index contributed by atoms with van der Waals surface area (Å²) >= 11 is 0. The molecule has 0 radical (unpaired) electrons. The van der Waals surface area contributed by atoms with Gasteiger partial charge in [-0.25, -0.2) is 4.79 Å². The minimum atomic E-state index is 0.00549. The van der Waals surface area contributed by atoms with Gasteiger partial charge in [0.15, 0.2) is 0 Å². The normalized spacial score (nSPS) is 21.3. The van der Waals surface area contributed by atoms with Crippen LogP contribution in [0.5, 0.6) is 0 Å². The molecule has 1 unspecified atom stereocenters. The summed E-state index contributed by atoms with van der Waals surface area (Å²) in [5.41, 5.74) is 2.10. The molecule has 0 bridgehead atoms. The Kier molecular flexibility index (Phi) is 3.88. The number of hydrogen-bond donors (Lipinski definition) is 2. The van der Waals surface area contributed by atoms with Crippen LogP contribution in [0, 0.1) is 0 Å². The van der Waals surface area contributed by atoms with Crippen LogP contribution in [-0.4, -0.2) is 58.9 Å². The lowest BCUT2D eigenvalue weighted by Crippen LogP contribution is -2.51. The first kappa shape index (κ1) is 15.1. The second-order valence-corrected chi connectivity index (χ2v) is 6.60. The summed E-state index contributed by atoms with van der Waals surface area (Å²) in [6.45, 7) is 2.88. The van der Waals surface area contributed by atoms with Gasteiger partial charge >= 0.3 is 6.03 Å². The topological polar surface area (TPSA) is 68.4 Å². The molecule has 1 aromatic carbocycles. The zero-order valence-corrected chi connectivity index (χ0v) is 13.6. The fourth-order valence-corrected chi connectivity index (χ4v) is 3.82. The van der Waals surface area contributed by atoms with Gasteiger partial charge in [0.2, 0.25) is 5.91 Å². The minimum Gasteiger partial charge on any atom is -0.361 e. The van der Waals surface area contributed by atoms with Gasteiger partial charge in [0.05, 0.1) is 12.5 Å². The molecule has 0 spiro atoms. The number of nitrogens with one attached hydrogen (secondary N) is 2. The van der Waals surface area contributed by atoms with Gasteiger partial charge in [-0.2, -0.15) is 0 Å². The highest BCUT2D eigenvalue weighted by molar-refractivity contribution is 5.89. The largest absolute Gasteiger partial charge is 0.361 e. The molecular weight excluding hydrogens is 304 g/mol. The number of piperidine rings is 1. The average Bonchev–Trinajstić information content (AvgIpc) is 3.22. The van der Waals surface area contributed by atoms with Gasteiger partial charge in [-0.3, -0.25) is 4.79 Å². The second-order valence-electron chi connectivity index (χ2n) is 6.60. The summed E-state index contributed by atoms with van der Waals surface area (Å²) in [6.07, 6.45) is 4.26. The zero-order chi connectivity index (χ0) is 16.5. The maximum atomic E-state index is 12.7. The van der Waals surface area contributed by atoms with Crippen molar-refractivity contribution >= 4 is 22.8 Å². The van der Waals surface area contributed by atoms with E-state index in [9.17, 15) is 9.59 Å². The minimum absolute atomic E-state index is 0.00549. The van der Waals surface area contributed by atoms with Gasteiger partial charge in [-0.05, 0) is 24.5 Å². The number of rotatable bonds is 3. The number of fused-ring (bicyclic) bond motifs is 1. The molecule has 0 aliphatic carbocycles. The molecule has 2 fully saturated rings. The van der Waals surface area contributed by atoms with E-state index in [0.717, 1.165) is 42.4 Å². The van der Waals surface area contributed by atoms with Crippen molar-refractivity contribution in [1.82, 2.24) is 20.1 Å². The summed E-state index contributed by atoms with van der Waals surface area (Å²) in [4.78, 5) is 31.6.